The van der Waals surface area contributed by atoms with Crippen LogP contribution in [0.25, 0.3) is 27.2 Å². The van der Waals surface area contributed by atoms with E-state index in [-0.39, 0.29) is 12.4 Å². The minimum atomic E-state index is -0.531. The van der Waals surface area contributed by atoms with Gasteiger partial charge in [0, 0.05) is 18.1 Å². The van der Waals surface area contributed by atoms with Crippen molar-refractivity contribution in [1.82, 2.24) is 19.7 Å². The van der Waals surface area contributed by atoms with Crippen LogP contribution in [0, 0.1) is 10.1 Å². The van der Waals surface area contributed by atoms with Crippen LogP contribution in [0.2, 0.25) is 0 Å². The molecule has 0 radical (unpaired) electrons. The van der Waals surface area contributed by atoms with Crippen molar-refractivity contribution in [2.24, 2.45) is 0 Å². The molecular formula is C17H13N5O3S. The molecule has 0 aliphatic heterocycles. The van der Waals surface area contributed by atoms with Crippen molar-refractivity contribution in [2.75, 3.05) is 7.11 Å². The van der Waals surface area contributed by atoms with Crippen LogP contribution in [0.3, 0.4) is 0 Å². The van der Waals surface area contributed by atoms with Crippen LogP contribution in [-0.4, -0.2) is 31.8 Å². The number of hydrogen-bond donors (Lipinski definition) is 0. The largest absolute Gasteiger partial charge is 0.390 e. The van der Waals surface area contributed by atoms with E-state index in [2.05, 4.69) is 15.1 Å². The highest BCUT2D eigenvalue weighted by Gasteiger charge is 2.21. The highest BCUT2D eigenvalue weighted by Crippen LogP contribution is 2.36. The lowest BCUT2D eigenvalue weighted by Gasteiger charge is -2.06. The maximum Gasteiger partial charge on any atom is 0.390 e. The van der Waals surface area contributed by atoms with Gasteiger partial charge in [-0.3, -0.25) is 0 Å². The zero-order valence-corrected chi connectivity index (χ0v) is 14.5. The van der Waals surface area contributed by atoms with Gasteiger partial charge in [0.05, 0.1) is 22.7 Å². The second kappa shape index (κ2) is 6.62. The predicted molar refractivity (Wildman–Crippen MR) is 97.3 cm³/mol. The Hall–Kier alpha value is -3.17. The van der Waals surface area contributed by atoms with Gasteiger partial charge in [-0.2, -0.15) is 0 Å². The van der Waals surface area contributed by atoms with Gasteiger partial charge in [0.25, 0.3) is 0 Å². The number of methoxy groups -OCH3 is 1. The van der Waals surface area contributed by atoms with Gasteiger partial charge in [-0.15, -0.1) is 16.0 Å². The van der Waals surface area contributed by atoms with Gasteiger partial charge in [0.1, 0.15) is 11.4 Å². The van der Waals surface area contributed by atoms with Crippen LogP contribution in [-0.2, 0) is 11.3 Å². The zero-order valence-electron chi connectivity index (χ0n) is 13.7. The van der Waals surface area contributed by atoms with Crippen molar-refractivity contribution in [2.45, 2.75) is 6.61 Å². The Morgan fingerprint density at radius 3 is 2.73 bits per heavy atom. The van der Waals surface area contributed by atoms with Crippen LogP contribution in [0.1, 0.15) is 5.82 Å². The maximum atomic E-state index is 11.0. The molecular weight excluding hydrogens is 354 g/mol. The molecule has 0 saturated heterocycles. The third-order valence-electron chi connectivity index (χ3n) is 3.80. The lowest BCUT2D eigenvalue weighted by atomic mass is 10.1. The molecule has 0 fully saturated rings. The van der Waals surface area contributed by atoms with Crippen LogP contribution < -0.4 is 0 Å². The van der Waals surface area contributed by atoms with Crippen molar-refractivity contribution < 1.29 is 9.66 Å². The summed E-state index contributed by atoms with van der Waals surface area (Å²) in [4.78, 5) is 20.3. The minimum absolute atomic E-state index is 0.235. The Kier molecular flexibility index (Phi) is 4.15. The molecule has 0 atom stereocenters. The van der Waals surface area contributed by atoms with Crippen molar-refractivity contribution in [3.8, 4) is 16.9 Å². The van der Waals surface area contributed by atoms with E-state index in [4.69, 9.17) is 4.74 Å². The average Bonchev–Trinajstić information content (AvgIpc) is 3.29. The number of nitro groups is 1. The summed E-state index contributed by atoms with van der Waals surface area (Å²) in [6.07, 6.45) is 1.53. The number of benzene rings is 1. The Morgan fingerprint density at radius 2 is 2.04 bits per heavy atom. The van der Waals surface area contributed by atoms with E-state index < -0.39 is 4.92 Å². The normalized spacial score (nSPS) is 11.1. The minimum Gasteiger partial charge on any atom is -0.377 e. The summed E-state index contributed by atoms with van der Waals surface area (Å²) in [6, 6.07) is 11.2. The summed E-state index contributed by atoms with van der Waals surface area (Å²) in [7, 11) is 1.57. The summed E-state index contributed by atoms with van der Waals surface area (Å²) in [5, 5.41) is 17.8. The summed E-state index contributed by atoms with van der Waals surface area (Å²) in [5.41, 5.74) is 1.98. The number of nitrogens with zero attached hydrogens (tertiary/aromatic N) is 5. The molecule has 130 valence electrons. The molecule has 4 rings (SSSR count). The molecule has 0 N–H and O–H groups in total. The monoisotopic (exact) mass is 367 g/mol. The number of aromatic nitrogens is 4. The fourth-order valence-corrected chi connectivity index (χ4v) is 3.65. The second-order valence-corrected chi connectivity index (χ2v) is 6.33. The van der Waals surface area contributed by atoms with Crippen molar-refractivity contribution in [3.05, 3.63) is 63.9 Å². The fourth-order valence-electron chi connectivity index (χ4n) is 2.69. The molecule has 9 heteroatoms. The predicted octanol–water partition coefficient (Wildman–Crippen LogP) is 3.60. The third kappa shape index (κ3) is 2.83. The van der Waals surface area contributed by atoms with E-state index in [0.29, 0.717) is 11.6 Å². The lowest BCUT2D eigenvalue weighted by Crippen LogP contribution is -2.05. The molecule has 0 amide bonds. The molecule has 8 nitrogen and oxygen atoms in total. The smallest absolute Gasteiger partial charge is 0.377 e. The third-order valence-corrected chi connectivity index (χ3v) is 4.67. The molecule has 0 aliphatic rings. The standard InChI is InChI=1S/C17H13N5O3S/c1-25-9-13-18-16(21-8-7-14(20-21)22(23)24)15-12(10-26-17(15)19-13)11-5-3-2-4-6-11/h2-8,10H,9H2,1H3. The Morgan fingerprint density at radius 1 is 1.23 bits per heavy atom. The van der Waals surface area contributed by atoms with Crippen molar-refractivity contribution in [3.63, 3.8) is 0 Å². The SMILES string of the molecule is COCc1nc(-n2ccc([N+](=O)[O-])n2)c2c(-c3ccccc3)csc2n1. The summed E-state index contributed by atoms with van der Waals surface area (Å²) in [5.74, 6) is 0.756. The first-order valence-electron chi connectivity index (χ1n) is 7.70. The van der Waals surface area contributed by atoms with Gasteiger partial charge >= 0.3 is 5.82 Å². The molecule has 0 saturated carbocycles. The van der Waals surface area contributed by atoms with Gasteiger partial charge in [0.15, 0.2) is 11.6 Å². The zero-order chi connectivity index (χ0) is 18.1. The average molecular weight is 367 g/mol. The molecule has 0 spiro atoms. The van der Waals surface area contributed by atoms with Gasteiger partial charge in [-0.1, -0.05) is 30.3 Å². The molecule has 0 aliphatic carbocycles. The van der Waals surface area contributed by atoms with E-state index in [9.17, 15) is 10.1 Å². The van der Waals surface area contributed by atoms with E-state index in [1.807, 2.05) is 35.7 Å². The number of thiophene rings is 1. The first-order chi connectivity index (χ1) is 12.7. The topological polar surface area (TPSA) is 96.0 Å². The molecule has 3 heterocycles. The maximum absolute atomic E-state index is 11.0. The molecule has 3 aromatic heterocycles. The highest BCUT2D eigenvalue weighted by molar-refractivity contribution is 7.17. The van der Waals surface area contributed by atoms with E-state index >= 15 is 0 Å². The van der Waals surface area contributed by atoms with Crippen molar-refractivity contribution >= 4 is 27.4 Å². The van der Waals surface area contributed by atoms with Crippen molar-refractivity contribution in [1.29, 1.82) is 0 Å². The molecule has 1 aromatic carbocycles. The Labute approximate surface area is 151 Å². The first-order valence-corrected chi connectivity index (χ1v) is 8.58. The molecule has 0 bridgehead atoms. The van der Waals surface area contributed by atoms with Gasteiger partial charge in [-0.25, -0.2) is 9.97 Å². The molecule has 0 unspecified atom stereocenters. The number of rotatable bonds is 5. The van der Waals surface area contributed by atoms with E-state index in [1.54, 1.807) is 7.11 Å². The van der Waals surface area contributed by atoms with Crippen LogP contribution >= 0.6 is 11.3 Å². The van der Waals surface area contributed by atoms with E-state index in [1.165, 1.54) is 28.3 Å². The molecule has 4 aromatic rings. The number of ether oxygens (including phenoxy) is 1. The first kappa shape index (κ1) is 16.3. The van der Waals surface area contributed by atoms with Gasteiger partial charge in [-0.05, 0) is 10.5 Å². The lowest BCUT2D eigenvalue weighted by molar-refractivity contribution is -0.389. The Balaban J connectivity index is 1.98. The van der Waals surface area contributed by atoms with Gasteiger partial charge < -0.3 is 14.9 Å². The van der Waals surface area contributed by atoms with Crippen LogP contribution in [0.4, 0.5) is 5.82 Å². The molecule has 26 heavy (non-hydrogen) atoms. The summed E-state index contributed by atoms with van der Waals surface area (Å²) >= 11 is 1.49. The second-order valence-electron chi connectivity index (χ2n) is 5.47. The summed E-state index contributed by atoms with van der Waals surface area (Å²) in [6.45, 7) is 0.241. The highest BCUT2D eigenvalue weighted by atomic mass is 32.1. The number of hydrogen-bond acceptors (Lipinski definition) is 7. The van der Waals surface area contributed by atoms with Crippen LogP contribution in [0.5, 0.6) is 0 Å². The Bertz CT molecular complexity index is 1090. The van der Waals surface area contributed by atoms with Gasteiger partial charge in [0.2, 0.25) is 0 Å². The van der Waals surface area contributed by atoms with E-state index in [0.717, 1.165) is 21.3 Å². The van der Waals surface area contributed by atoms with Crippen LogP contribution in [0.15, 0.2) is 48.0 Å². The summed E-state index contributed by atoms with van der Waals surface area (Å²) < 4.78 is 6.56. The quantitative estimate of drug-likeness (QED) is 0.395. The fraction of sp³-hybridized carbons (Fsp3) is 0.118. The number of fused-ring (bicyclic) bond motifs is 1.